The van der Waals surface area contributed by atoms with Crippen LogP contribution in [0.3, 0.4) is 0 Å². The molecule has 8 nitrogen and oxygen atoms in total. The van der Waals surface area contributed by atoms with Gasteiger partial charge in [-0.05, 0) is 62.8 Å². The molecule has 1 aromatic carbocycles. The largest absolute Gasteiger partial charge is 0.490 e. The Morgan fingerprint density at radius 1 is 1.26 bits per heavy atom. The summed E-state index contributed by atoms with van der Waals surface area (Å²) in [4.78, 5) is 23.1. The van der Waals surface area contributed by atoms with Gasteiger partial charge in [0, 0.05) is 11.1 Å². The molecule has 3 rings (SSSR count). The summed E-state index contributed by atoms with van der Waals surface area (Å²) in [5, 5.41) is 16.0. The minimum absolute atomic E-state index is 0.0927. The Morgan fingerprint density at radius 2 is 2.00 bits per heavy atom. The number of aromatic nitrogens is 1. The molecule has 1 amide bonds. The molecule has 31 heavy (non-hydrogen) atoms. The summed E-state index contributed by atoms with van der Waals surface area (Å²) >= 11 is 0. The molecule has 1 aliphatic carbocycles. The third kappa shape index (κ3) is 6.23. The van der Waals surface area contributed by atoms with Gasteiger partial charge in [0.05, 0.1) is 30.9 Å². The van der Waals surface area contributed by atoms with E-state index >= 15 is 0 Å². The van der Waals surface area contributed by atoms with Crippen molar-refractivity contribution in [1.82, 2.24) is 10.5 Å². The van der Waals surface area contributed by atoms with Gasteiger partial charge in [-0.25, -0.2) is 4.79 Å². The number of carboxylic acid groups (broad SMARTS) is 1. The molecule has 2 N–H and O–H groups in total. The summed E-state index contributed by atoms with van der Waals surface area (Å²) in [7, 11) is 0. The summed E-state index contributed by atoms with van der Waals surface area (Å²) in [5.74, 6) is 0.448. The normalized spacial score (nSPS) is 18.6. The molecule has 1 saturated carbocycles. The zero-order valence-corrected chi connectivity index (χ0v) is 18.2. The van der Waals surface area contributed by atoms with Gasteiger partial charge >= 0.3 is 12.1 Å². The van der Waals surface area contributed by atoms with Crippen molar-refractivity contribution in [3.63, 3.8) is 0 Å². The molecule has 1 heterocycles. The Balaban J connectivity index is 1.62. The van der Waals surface area contributed by atoms with E-state index in [-0.39, 0.29) is 24.5 Å². The van der Waals surface area contributed by atoms with Crippen LogP contribution >= 0.6 is 0 Å². The van der Waals surface area contributed by atoms with Crippen LogP contribution < -0.4 is 10.1 Å². The highest BCUT2D eigenvalue weighted by Gasteiger charge is 2.28. The van der Waals surface area contributed by atoms with Crippen LogP contribution in [0.25, 0.3) is 11.3 Å². The van der Waals surface area contributed by atoms with Crippen molar-refractivity contribution in [2.75, 3.05) is 6.61 Å². The van der Waals surface area contributed by atoms with E-state index < -0.39 is 12.1 Å². The fourth-order valence-corrected chi connectivity index (χ4v) is 3.63. The number of aliphatic carboxylic acids is 1. The van der Waals surface area contributed by atoms with Crippen LogP contribution in [0, 0.1) is 18.8 Å². The third-order valence-corrected chi connectivity index (χ3v) is 5.34. The summed E-state index contributed by atoms with van der Waals surface area (Å²) in [6, 6.07) is 7.41. The molecule has 1 aromatic heterocycles. The number of ether oxygens (including phenoxy) is 2. The maximum absolute atomic E-state index is 11.9. The maximum atomic E-state index is 11.9. The molecule has 2 atom stereocenters. The average Bonchev–Trinajstić information content (AvgIpc) is 3.11. The molecule has 2 aromatic rings. The van der Waals surface area contributed by atoms with Gasteiger partial charge < -0.3 is 24.4 Å². The molecule has 0 unspecified atom stereocenters. The lowest BCUT2D eigenvalue weighted by Gasteiger charge is -2.27. The first-order valence-corrected chi connectivity index (χ1v) is 10.7. The van der Waals surface area contributed by atoms with Gasteiger partial charge in [0.25, 0.3) is 0 Å². The van der Waals surface area contributed by atoms with Crippen LogP contribution in [-0.4, -0.2) is 35.0 Å². The fraction of sp³-hybridized carbons (Fsp3) is 0.522. The van der Waals surface area contributed by atoms with Gasteiger partial charge in [0.1, 0.15) is 5.75 Å². The van der Waals surface area contributed by atoms with Gasteiger partial charge in [-0.15, -0.1) is 0 Å². The molecule has 0 bridgehead atoms. The second-order valence-corrected chi connectivity index (χ2v) is 8.39. The van der Waals surface area contributed by atoms with Crippen molar-refractivity contribution in [1.29, 1.82) is 0 Å². The Labute approximate surface area is 181 Å². The number of benzene rings is 1. The van der Waals surface area contributed by atoms with Crippen molar-refractivity contribution in [3.8, 4) is 17.1 Å². The second kappa shape index (κ2) is 10.3. The van der Waals surface area contributed by atoms with E-state index in [4.69, 9.17) is 14.0 Å². The van der Waals surface area contributed by atoms with Gasteiger partial charge in [-0.1, -0.05) is 19.0 Å². The van der Waals surface area contributed by atoms with Gasteiger partial charge in [0.2, 0.25) is 0 Å². The Kier molecular flexibility index (Phi) is 7.55. The molecular weight excluding hydrogens is 400 g/mol. The van der Waals surface area contributed by atoms with E-state index in [1.807, 2.05) is 45.0 Å². The van der Waals surface area contributed by atoms with Crippen molar-refractivity contribution < 1.29 is 28.7 Å². The lowest BCUT2D eigenvalue weighted by molar-refractivity contribution is -0.143. The molecule has 0 radical (unpaired) electrons. The van der Waals surface area contributed by atoms with E-state index in [9.17, 15) is 14.7 Å². The first-order chi connectivity index (χ1) is 14.8. The number of amides is 1. The quantitative estimate of drug-likeness (QED) is 0.632. The monoisotopic (exact) mass is 430 g/mol. The maximum Gasteiger partial charge on any atom is 0.407 e. The van der Waals surface area contributed by atoms with Crippen molar-refractivity contribution in [2.45, 2.75) is 59.1 Å². The summed E-state index contributed by atoms with van der Waals surface area (Å²) in [5.41, 5.74) is 2.29. The van der Waals surface area contributed by atoms with Crippen LogP contribution in [0.5, 0.6) is 5.75 Å². The fourth-order valence-electron chi connectivity index (χ4n) is 3.63. The Bertz CT molecular complexity index is 890. The van der Waals surface area contributed by atoms with E-state index in [0.29, 0.717) is 36.7 Å². The molecule has 1 fully saturated rings. The first kappa shape index (κ1) is 22.7. The SMILES string of the molecule is Cc1noc(-c2ccc(O[C@@H]3CCC[C@@H](C(=O)O)C3)cc2)c1CNC(=O)OCC(C)C. The highest BCUT2D eigenvalue weighted by atomic mass is 16.5. The van der Waals surface area contributed by atoms with E-state index in [2.05, 4.69) is 10.5 Å². The second-order valence-electron chi connectivity index (χ2n) is 8.39. The molecule has 168 valence electrons. The number of carboxylic acids is 1. The van der Waals surface area contributed by atoms with Crippen LogP contribution in [-0.2, 0) is 16.1 Å². The number of nitrogens with one attached hydrogen (secondary N) is 1. The van der Waals surface area contributed by atoms with E-state index in [1.165, 1.54) is 0 Å². The topological polar surface area (TPSA) is 111 Å². The number of hydrogen-bond donors (Lipinski definition) is 2. The highest BCUT2D eigenvalue weighted by molar-refractivity contribution is 5.70. The summed E-state index contributed by atoms with van der Waals surface area (Å²) in [6.07, 6.45) is 2.38. The number of hydrogen-bond acceptors (Lipinski definition) is 6. The molecule has 0 spiro atoms. The van der Waals surface area contributed by atoms with Gasteiger partial charge in [-0.2, -0.15) is 0 Å². The minimum atomic E-state index is -0.751. The van der Waals surface area contributed by atoms with Gasteiger partial charge in [-0.3, -0.25) is 4.79 Å². The zero-order valence-electron chi connectivity index (χ0n) is 18.2. The molecule has 8 heteroatoms. The predicted molar refractivity (Wildman–Crippen MR) is 114 cm³/mol. The minimum Gasteiger partial charge on any atom is -0.490 e. The van der Waals surface area contributed by atoms with E-state index in [1.54, 1.807) is 0 Å². The Hall–Kier alpha value is -3.03. The lowest BCUT2D eigenvalue weighted by atomic mass is 9.87. The number of carbonyl (C=O) groups excluding carboxylic acids is 1. The first-order valence-electron chi connectivity index (χ1n) is 10.7. The molecule has 0 saturated heterocycles. The lowest BCUT2D eigenvalue weighted by Crippen LogP contribution is -2.29. The number of nitrogens with zero attached hydrogens (tertiary/aromatic N) is 1. The number of carbonyl (C=O) groups is 2. The van der Waals surface area contributed by atoms with Crippen LogP contribution in [0.1, 0.15) is 50.8 Å². The number of rotatable bonds is 8. The number of alkyl carbamates (subject to hydrolysis) is 1. The molecule has 0 aliphatic heterocycles. The predicted octanol–water partition coefficient (Wildman–Crippen LogP) is 4.55. The summed E-state index contributed by atoms with van der Waals surface area (Å²) in [6.45, 7) is 6.38. The molecular formula is C23H30N2O6. The highest BCUT2D eigenvalue weighted by Crippen LogP contribution is 2.31. The van der Waals surface area contributed by atoms with Gasteiger partial charge in [0.15, 0.2) is 5.76 Å². The standard InChI is InChI=1S/C23H30N2O6/c1-14(2)13-29-23(28)24-12-20-15(3)25-31-21(20)16-7-9-18(10-8-16)30-19-6-4-5-17(11-19)22(26)27/h7-10,14,17,19H,4-6,11-13H2,1-3H3,(H,24,28)(H,26,27)/t17-,19-/m1/s1. The van der Waals surface area contributed by atoms with E-state index in [0.717, 1.165) is 24.0 Å². The van der Waals surface area contributed by atoms with Crippen LogP contribution in [0.15, 0.2) is 28.8 Å². The van der Waals surface area contributed by atoms with Crippen LogP contribution in [0.2, 0.25) is 0 Å². The third-order valence-electron chi connectivity index (χ3n) is 5.34. The number of aryl methyl sites for hydroxylation is 1. The van der Waals surface area contributed by atoms with Crippen molar-refractivity contribution in [2.24, 2.45) is 11.8 Å². The molecule has 1 aliphatic rings. The Morgan fingerprint density at radius 3 is 2.68 bits per heavy atom. The van der Waals surface area contributed by atoms with Crippen molar-refractivity contribution in [3.05, 3.63) is 35.5 Å². The zero-order chi connectivity index (χ0) is 22.4. The smallest absolute Gasteiger partial charge is 0.407 e. The van der Waals surface area contributed by atoms with Crippen molar-refractivity contribution >= 4 is 12.1 Å². The van der Waals surface area contributed by atoms with Crippen LogP contribution in [0.4, 0.5) is 4.79 Å². The summed E-state index contributed by atoms with van der Waals surface area (Å²) < 4.78 is 16.6. The average molecular weight is 431 g/mol.